The van der Waals surface area contributed by atoms with Crippen LogP contribution in [0, 0.1) is 10.8 Å². The number of urea groups is 2. The first kappa shape index (κ1) is 25.1. The molecule has 2 atom stereocenters. The Labute approximate surface area is 201 Å². The number of amides is 5. The summed E-state index contributed by atoms with van der Waals surface area (Å²) >= 11 is 5.97. The fourth-order valence-electron chi connectivity index (χ4n) is 3.43. The summed E-state index contributed by atoms with van der Waals surface area (Å²) in [5.41, 5.74) is 2.30. The highest BCUT2D eigenvalue weighted by atomic mass is 35.5. The predicted octanol–water partition coefficient (Wildman–Crippen LogP) is 3.34. The van der Waals surface area contributed by atoms with Gasteiger partial charge < -0.3 is 10.1 Å². The largest absolute Gasteiger partial charge is 0.380 e. The van der Waals surface area contributed by atoms with E-state index in [1.165, 1.54) is 11.8 Å². The molecule has 180 valence electrons. The van der Waals surface area contributed by atoms with Crippen molar-refractivity contribution < 1.29 is 19.1 Å². The number of rotatable bonds is 9. The van der Waals surface area contributed by atoms with E-state index in [-0.39, 0.29) is 13.1 Å². The normalized spacial score (nSPS) is 17.1. The third-order valence-corrected chi connectivity index (χ3v) is 5.53. The third kappa shape index (κ3) is 5.68. The molecule has 12 heteroatoms. The molecule has 0 aromatic heterocycles. The lowest BCUT2D eigenvalue weighted by Crippen LogP contribution is -2.70. The Bertz CT molecular complexity index is 1050. The summed E-state index contributed by atoms with van der Waals surface area (Å²) in [5.74, 6) is 4.18. The minimum absolute atomic E-state index is 0.0845. The number of imide groups is 1. The van der Waals surface area contributed by atoms with Crippen molar-refractivity contribution in [1.82, 2.24) is 14.8 Å². The van der Waals surface area contributed by atoms with Crippen molar-refractivity contribution in [2.24, 2.45) is 16.9 Å². The van der Waals surface area contributed by atoms with Crippen molar-refractivity contribution in [3.8, 4) is 0 Å². The summed E-state index contributed by atoms with van der Waals surface area (Å²) in [7, 11) is 1.59. The van der Waals surface area contributed by atoms with Gasteiger partial charge in [-0.3, -0.25) is 9.69 Å². The van der Waals surface area contributed by atoms with Gasteiger partial charge >= 0.3 is 12.1 Å². The minimum Gasteiger partial charge on any atom is -0.380 e. The summed E-state index contributed by atoms with van der Waals surface area (Å²) in [4.78, 5) is 50.8. The van der Waals surface area contributed by atoms with E-state index in [0.717, 1.165) is 21.0 Å². The molecule has 1 unspecified atom stereocenters. The Morgan fingerprint density at radius 1 is 1.12 bits per heavy atom. The molecule has 0 bridgehead atoms. The van der Waals surface area contributed by atoms with Crippen LogP contribution in [-0.2, 0) is 22.7 Å². The molecule has 1 aliphatic rings. The molecule has 1 saturated heterocycles. The maximum absolute atomic E-state index is 13.4. The maximum Gasteiger partial charge on any atom is 0.345 e. The van der Waals surface area contributed by atoms with Crippen LogP contribution in [0.2, 0.25) is 5.02 Å². The van der Waals surface area contributed by atoms with Gasteiger partial charge in [-0.05, 0) is 35.4 Å². The quantitative estimate of drug-likeness (QED) is 0.313. The molecule has 3 rings (SSSR count). The molecule has 2 aromatic rings. The summed E-state index contributed by atoms with van der Waals surface area (Å²) in [6.07, 6.45) is -1.03. The van der Waals surface area contributed by atoms with Crippen molar-refractivity contribution in [3.05, 3.63) is 69.6 Å². The van der Waals surface area contributed by atoms with Crippen LogP contribution in [-0.4, -0.2) is 52.7 Å². The van der Waals surface area contributed by atoms with Crippen molar-refractivity contribution in [1.29, 1.82) is 0 Å². The van der Waals surface area contributed by atoms with Gasteiger partial charge in [-0.15, -0.1) is 4.91 Å². The van der Waals surface area contributed by atoms with Gasteiger partial charge in [0.05, 0.1) is 19.1 Å². The van der Waals surface area contributed by atoms with E-state index in [9.17, 15) is 19.3 Å². The standard InChI is InChI=1S/C22H25ClN6O5/c1-14(19(30)26-33)11-28-21(31)27(12-15-3-7-17(23)8-4-15)20(29(24)22(28)32)25-18-9-5-16(6-10-18)13-34-2/h3-10,14,20,25H,11-13,24H2,1-2H3/t14-,20?/m0/s1. The number of halogens is 1. The Kier molecular flexibility index (Phi) is 8.16. The summed E-state index contributed by atoms with van der Waals surface area (Å²) in [6.45, 7) is 1.58. The highest BCUT2D eigenvalue weighted by Crippen LogP contribution is 2.24. The zero-order chi connectivity index (χ0) is 24.8. The number of hydrogen-bond acceptors (Lipinski definition) is 7. The summed E-state index contributed by atoms with van der Waals surface area (Å²) in [5, 5.41) is 6.88. The Hall–Kier alpha value is -3.54. The average Bonchev–Trinajstić information content (AvgIpc) is 2.84. The molecule has 0 aliphatic carbocycles. The number of hydrogen-bond donors (Lipinski definition) is 2. The van der Waals surface area contributed by atoms with E-state index in [4.69, 9.17) is 22.2 Å². The molecule has 0 spiro atoms. The highest BCUT2D eigenvalue weighted by Gasteiger charge is 2.44. The zero-order valence-electron chi connectivity index (χ0n) is 18.7. The Morgan fingerprint density at radius 2 is 1.74 bits per heavy atom. The van der Waals surface area contributed by atoms with Crippen molar-refractivity contribution in [2.45, 2.75) is 26.4 Å². The number of nitrogens with one attached hydrogen (secondary N) is 1. The second kappa shape index (κ2) is 11.1. The van der Waals surface area contributed by atoms with Gasteiger partial charge in [-0.1, -0.05) is 42.8 Å². The van der Waals surface area contributed by atoms with Crippen LogP contribution >= 0.6 is 11.6 Å². The smallest absolute Gasteiger partial charge is 0.345 e. The number of ether oxygens (including phenoxy) is 1. The number of anilines is 1. The van der Waals surface area contributed by atoms with Crippen molar-refractivity contribution >= 4 is 35.3 Å². The predicted molar refractivity (Wildman–Crippen MR) is 125 cm³/mol. The minimum atomic E-state index is -1.03. The summed E-state index contributed by atoms with van der Waals surface area (Å²) < 4.78 is 5.11. The van der Waals surface area contributed by atoms with E-state index in [1.54, 1.807) is 43.5 Å². The lowest BCUT2D eigenvalue weighted by atomic mass is 10.1. The summed E-state index contributed by atoms with van der Waals surface area (Å²) in [6, 6.07) is 12.6. The van der Waals surface area contributed by atoms with Crippen molar-refractivity contribution in [3.63, 3.8) is 0 Å². The van der Waals surface area contributed by atoms with Gasteiger partial charge in [-0.2, -0.15) is 0 Å². The van der Waals surface area contributed by atoms with Gasteiger partial charge in [0, 0.05) is 29.5 Å². The van der Waals surface area contributed by atoms with Crippen LogP contribution in [0.1, 0.15) is 18.1 Å². The Balaban J connectivity index is 1.90. The Morgan fingerprint density at radius 3 is 2.32 bits per heavy atom. The molecule has 11 nitrogen and oxygen atoms in total. The number of carbonyl (C=O) groups is 3. The molecule has 2 aromatic carbocycles. The number of carbonyl (C=O) groups excluding carboxylic acids is 3. The molecule has 3 N–H and O–H groups in total. The molecule has 1 heterocycles. The van der Waals surface area contributed by atoms with Crippen molar-refractivity contribution in [2.75, 3.05) is 19.0 Å². The number of hydrazine groups is 1. The first-order valence-electron chi connectivity index (χ1n) is 10.4. The molecular weight excluding hydrogens is 464 g/mol. The van der Waals surface area contributed by atoms with Crippen LogP contribution < -0.4 is 11.2 Å². The average molecular weight is 489 g/mol. The molecule has 0 radical (unpaired) electrons. The SMILES string of the molecule is COCc1ccc(NC2N(N)C(=O)N(C[C@H](C)C(=O)N=O)C(=O)N2Cc2ccc(Cl)cc2)cc1. The van der Waals surface area contributed by atoms with Gasteiger partial charge in [0.1, 0.15) is 0 Å². The number of nitroso groups, excluding NO2 is 1. The van der Waals surface area contributed by atoms with E-state index in [1.807, 2.05) is 12.1 Å². The highest BCUT2D eigenvalue weighted by molar-refractivity contribution is 6.30. The van der Waals surface area contributed by atoms with Gasteiger partial charge in [0.15, 0.2) is 0 Å². The fourth-order valence-corrected chi connectivity index (χ4v) is 3.56. The van der Waals surface area contributed by atoms with E-state index < -0.39 is 30.2 Å². The topological polar surface area (TPSA) is 138 Å². The van der Waals surface area contributed by atoms with E-state index >= 15 is 0 Å². The zero-order valence-corrected chi connectivity index (χ0v) is 19.4. The van der Waals surface area contributed by atoms with Gasteiger partial charge in [0.2, 0.25) is 6.29 Å². The fraction of sp³-hybridized carbons (Fsp3) is 0.318. The van der Waals surface area contributed by atoms with Crippen LogP contribution in [0.25, 0.3) is 0 Å². The molecule has 1 aliphatic heterocycles. The van der Waals surface area contributed by atoms with E-state index in [0.29, 0.717) is 17.3 Å². The molecule has 34 heavy (non-hydrogen) atoms. The second-order valence-corrected chi connectivity index (χ2v) is 8.25. The molecular formula is C22H25ClN6O5. The first-order chi connectivity index (χ1) is 16.2. The monoisotopic (exact) mass is 488 g/mol. The molecule has 5 amide bonds. The number of methoxy groups -OCH3 is 1. The van der Waals surface area contributed by atoms with Gasteiger partial charge in [0.25, 0.3) is 5.91 Å². The first-order valence-corrected chi connectivity index (χ1v) is 10.7. The van der Waals surface area contributed by atoms with Crippen LogP contribution in [0.4, 0.5) is 15.3 Å². The van der Waals surface area contributed by atoms with Crippen LogP contribution in [0.5, 0.6) is 0 Å². The lowest BCUT2D eigenvalue weighted by molar-refractivity contribution is -0.121. The molecule has 1 fully saturated rings. The number of nitrogens with zero attached hydrogens (tertiary/aromatic N) is 4. The van der Waals surface area contributed by atoms with Gasteiger partial charge in [-0.25, -0.2) is 25.3 Å². The third-order valence-electron chi connectivity index (χ3n) is 5.28. The molecule has 0 saturated carbocycles. The van der Waals surface area contributed by atoms with Crippen LogP contribution in [0.15, 0.2) is 53.7 Å². The van der Waals surface area contributed by atoms with Crippen LogP contribution in [0.3, 0.4) is 0 Å². The van der Waals surface area contributed by atoms with E-state index in [2.05, 4.69) is 10.5 Å². The number of nitrogens with two attached hydrogens (primary N) is 1. The number of benzene rings is 2. The lowest BCUT2D eigenvalue weighted by Gasteiger charge is -2.45. The second-order valence-electron chi connectivity index (χ2n) is 7.82. The maximum atomic E-state index is 13.4.